The van der Waals surface area contributed by atoms with Gasteiger partial charge in [0.1, 0.15) is 0 Å². The van der Waals surface area contributed by atoms with Gasteiger partial charge in [0.2, 0.25) is 0 Å². The zero-order valence-electron chi connectivity index (χ0n) is 8.77. The average Bonchev–Trinajstić information content (AvgIpc) is 2.64. The summed E-state index contributed by atoms with van der Waals surface area (Å²) in [5.41, 5.74) is 0. The molecule has 1 heterocycles. The van der Waals surface area contributed by atoms with Crippen LogP contribution in [0.1, 0.15) is 19.3 Å². The van der Waals surface area contributed by atoms with E-state index < -0.39 is 11.9 Å². The number of carbonyl (C=O) groups excluding carboxylic acids is 2. The van der Waals surface area contributed by atoms with Crippen LogP contribution in [-0.4, -0.2) is 49.2 Å². The molecule has 2 unspecified atom stereocenters. The van der Waals surface area contributed by atoms with Crippen LogP contribution in [0.5, 0.6) is 0 Å². The molecule has 0 aromatic rings. The molecule has 1 saturated carbocycles. The van der Waals surface area contributed by atoms with Crippen LogP contribution >= 0.6 is 0 Å². The molecule has 2 aliphatic rings. The molecule has 2 atom stereocenters. The van der Waals surface area contributed by atoms with E-state index in [0.29, 0.717) is 0 Å². The van der Waals surface area contributed by atoms with Crippen LogP contribution in [0.2, 0.25) is 0 Å². The molecule has 5 heteroatoms. The number of ether oxygens (including phenoxy) is 2. The molecule has 2 fully saturated rings. The van der Waals surface area contributed by atoms with Crippen molar-refractivity contribution in [3.05, 3.63) is 0 Å². The molecular formula is C10H15NO4. The lowest BCUT2D eigenvalue weighted by Gasteiger charge is -2.29. The minimum atomic E-state index is -0.438. The lowest BCUT2D eigenvalue weighted by atomic mass is 10.2. The van der Waals surface area contributed by atoms with Gasteiger partial charge in [-0.2, -0.15) is 0 Å². The van der Waals surface area contributed by atoms with E-state index in [1.54, 1.807) is 7.11 Å². The predicted octanol–water partition coefficient (Wildman–Crippen LogP) is -0.0607. The van der Waals surface area contributed by atoms with Gasteiger partial charge in [-0.15, -0.1) is 0 Å². The second-order valence-corrected chi connectivity index (χ2v) is 4.08. The Bertz CT molecular complexity index is 263. The first kappa shape index (κ1) is 10.6. The van der Waals surface area contributed by atoms with Gasteiger partial charge in [0.05, 0.1) is 19.2 Å². The van der Waals surface area contributed by atoms with Gasteiger partial charge in [-0.05, 0) is 19.3 Å². The van der Waals surface area contributed by atoms with Gasteiger partial charge in [-0.25, -0.2) is 0 Å². The summed E-state index contributed by atoms with van der Waals surface area (Å²) in [5, 5.41) is 0. The topological polar surface area (TPSA) is 55.8 Å². The Balaban J connectivity index is 1.93. The summed E-state index contributed by atoms with van der Waals surface area (Å²) >= 11 is 0. The minimum absolute atomic E-state index is 0.229. The number of carbonyl (C=O) groups is 2. The Morgan fingerprint density at radius 2 is 1.93 bits per heavy atom. The normalized spacial score (nSPS) is 33.1. The van der Waals surface area contributed by atoms with E-state index in [1.165, 1.54) is 0 Å². The highest BCUT2D eigenvalue weighted by molar-refractivity contribution is 5.90. The molecule has 0 bridgehead atoms. The number of cyclic esters (lactones) is 2. The van der Waals surface area contributed by atoms with Gasteiger partial charge in [0.15, 0.2) is 0 Å². The van der Waals surface area contributed by atoms with Crippen molar-refractivity contribution in [1.82, 2.24) is 4.90 Å². The van der Waals surface area contributed by atoms with Crippen LogP contribution in [0.4, 0.5) is 0 Å². The fourth-order valence-electron chi connectivity index (χ4n) is 2.30. The Morgan fingerprint density at radius 3 is 2.47 bits per heavy atom. The van der Waals surface area contributed by atoms with Crippen LogP contribution in [0.15, 0.2) is 0 Å². The third-order valence-corrected chi connectivity index (χ3v) is 3.10. The maximum absolute atomic E-state index is 11.1. The fourth-order valence-corrected chi connectivity index (χ4v) is 2.30. The second kappa shape index (κ2) is 4.28. The minimum Gasteiger partial charge on any atom is -0.391 e. The van der Waals surface area contributed by atoms with E-state index in [4.69, 9.17) is 4.74 Å². The molecule has 0 radical (unpaired) electrons. The van der Waals surface area contributed by atoms with E-state index in [0.717, 1.165) is 19.3 Å². The third kappa shape index (κ3) is 2.35. The standard InChI is InChI=1S/C10H15NO4/c1-14-8-3-2-7(4-8)11-5-9(12)15-10(13)6-11/h7-8H,2-6H2,1H3. The third-order valence-electron chi connectivity index (χ3n) is 3.10. The van der Waals surface area contributed by atoms with Crippen molar-refractivity contribution in [2.75, 3.05) is 20.2 Å². The molecule has 1 aliphatic heterocycles. The van der Waals surface area contributed by atoms with Crippen LogP contribution in [0.3, 0.4) is 0 Å². The van der Waals surface area contributed by atoms with Crippen molar-refractivity contribution in [2.24, 2.45) is 0 Å². The summed E-state index contributed by atoms with van der Waals surface area (Å²) in [7, 11) is 1.70. The molecule has 1 saturated heterocycles. The molecule has 0 spiro atoms. The Morgan fingerprint density at radius 1 is 1.27 bits per heavy atom. The number of methoxy groups -OCH3 is 1. The van der Waals surface area contributed by atoms with E-state index in [2.05, 4.69) is 4.74 Å². The Kier molecular flexibility index (Phi) is 3.02. The quantitative estimate of drug-likeness (QED) is 0.475. The van der Waals surface area contributed by atoms with E-state index >= 15 is 0 Å². The van der Waals surface area contributed by atoms with Gasteiger partial charge < -0.3 is 9.47 Å². The summed E-state index contributed by atoms with van der Waals surface area (Å²) in [5.74, 6) is -0.876. The van der Waals surface area contributed by atoms with Gasteiger partial charge >= 0.3 is 11.9 Å². The number of hydrogen-bond donors (Lipinski definition) is 0. The Labute approximate surface area is 88.3 Å². The van der Waals surface area contributed by atoms with Crippen molar-refractivity contribution in [3.63, 3.8) is 0 Å². The summed E-state index contributed by atoms with van der Waals surface area (Å²) in [4.78, 5) is 24.0. The number of nitrogens with zero attached hydrogens (tertiary/aromatic N) is 1. The first-order valence-corrected chi connectivity index (χ1v) is 5.19. The first-order valence-electron chi connectivity index (χ1n) is 5.19. The SMILES string of the molecule is COC1CCC(N2CC(=O)OC(=O)C2)C1. The summed E-state index contributed by atoms with van der Waals surface area (Å²) in [6.07, 6.45) is 3.15. The first-order chi connectivity index (χ1) is 7.19. The molecule has 0 N–H and O–H groups in total. The van der Waals surface area contributed by atoms with E-state index in [1.807, 2.05) is 4.90 Å². The van der Waals surface area contributed by atoms with Crippen LogP contribution in [0.25, 0.3) is 0 Å². The largest absolute Gasteiger partial charge is 0.391 e. The zero-order chi connectivity index (χ0) is 10.8. The number of esters is 2. The highest BCUT2D eigenvalue weighted by Gasteiger charge is 2.34. The molecule has 5 nitrogen and oxygen atoms in total. The average molecular weight is 213 g/mol. The molecular weight excluding hydrogens is 198 g/mol. The monoisotopic (exact) mass is 213 g/mol. The predicted molar refractivity (Wildman–Crippen MR) is 51.1 cm³/mol. The second-order valence-electron chi connectivity index (χ2n) is 4.08. The lowest BCUT2D eigenvalue weighted by molar-refractivity contribution is -0.168. The van der Waals surface area contributed by atoms with Crippen LogP contribution < -0.4 is 0 Å². The lowest BCUT2D eigenvalue weighted by Crippen LogP contribution is -2.47. The summed E-state index contributed by atoms with van der Waals surface area (Å²) < 4.78 is 9.74. The van der Waals surface area contributed by atoms with Crippen LogP contribution in [0, 0.1) is 0 Å². The van der Waals surface area contributed by atoms with E-state index in [9.17, 15) is 9.59 Å². The van der Waals surface area contributed by atoms with Crippen molar-refractivity contribution in [2.45, 2.75) is 31.4 Å². The highest BCUT2D eigenvalue weighted by Crippen LogP contribution is 2.26. The van der Waals surface area contributed by atoms with Crippen molar-refractivity contribution in [1.29, 1.82) is 0 Å². The molecule has 15 heavy (non-hydrogen) atoms. The number of hydrogen-bond acceptors (Lipinski definition) is 5. The molecule has 0 aromatic carbocycles. The maximum Gasteiger partial charge on any atom is 0.327 e. The van der Waals surface area contributed by atoms with Crippen molar-refractivity contribution < 1.29 is 19.1 Å². The van der Waals surface area contributed by atoms with Gasteiger partial charge in [0, 0.05) is 13.2 Å². The highest BCUT2D eigenvalue weighted by atomic mass is 16.6. The van der Waals surface area contributed by atoms with Crippen molar-refractivity contribution in [3.8, 4) is 0 Å². The van der Waals surface area contributed by atoms with Gasteiger partial charge in [0.25, 0.3) is 0 Å². The number of rotatable bonds is 2. The molecule has 1 aliphatic carbocycles. The van der Waals surface area contributed by atoms with Gasteiger partial charge in [-0.3, -0.25) is 14.5 Å². The smallest absolute Gasteiger partial charge is 0.327 e. The number of morpholine rings is 1. The van der Waals surface area contributed by atoms with E-state index in [-0.39, 0.29) is 25.2 Å². The Hall–Kier alpha value is -0.940. The van der Waals surface area contributed by atoms with Crippen LogP contribution in [-0.2, 0) is 19.1 Å². The zero-order valence-corrected chi connectivity index (χ0v) is 8.77. The molecule has 2 rings (SSSR count). The van der Waals surface area contributed by atoms with Crippen molar-refractivity contribution >= 4 is 11.9 Å². The summed E-state index contributed by atoms with van der Waals surface area (Å²) in [6.45, 7) is 0.458. The molecule has 0 aromatic heterocycles. The molecule has 0 amide bonds. The molecule has 84 valence electrons. The fraction of sp³-hybridized carbons (Fsp3) is 0.800. The maximum atomic E-state index is 11.1. The van der Waals surface area contributed by atoms with Gasteiger partial charge in [-0.1, -0.05) is 0 Å². The summed E-state index contributed by atoms with van der Waals surface area (Å²) in [6, 6.07) is 0.284.